The molecule has 0 saturated carbocycles. The lowest BCUT2D eigenvalue weighted by molar-refractivity contribution is -0.148. The van der Waals surface area contributed by atoms with Gasteiger partial charge in [0.25, 0.3) is 0 Å². The average molecular weight is 506 g/mol. The number of rotatable bonds is 26. The highest BCUT2D eigenvalue weighted by molar-refractivity contribution is 7.40. The maximum absolute atomic E-state index is 11.4. The lowest BCUT2D eigenvalue weighted by atomic mass is 10.0. The van der Waals surface area contributed by atoms with Crippen molar-refractivity contribution >= 4 is 14.6 Å². The van der Waals surface area contributed by atoms with Crippen molar-refractivity contribution < 1.29 is 23.5 Å². The monoisotopic (exact) mass is 505 g/mol. The van der Waals surface area contributed by atoms with Gasteiger partial charge in [-0.25, -0.2) is 0 Å². The first-order chi connectivity index (χ1) is 16.5. The standard InChI is InChI=1S/C27H56NO5P/c1-5-6-7-8-9-10-11-12-13-14-15-16-17-18-19-22-27(33-26(2)29)25-32-34(30)31-24-21-20-23-28(3)4/h27,30H,5-25H2,1-4H3. The quantitative estimate of drug-likeness (QED) is 0.0735. The van der Waals surface area contributed by atoms with E-state index in [1.807, 2.05) is 14.1 Å². The molecule has 7 heteroatoms. The summed E-state index contributed by atoms with van der Waals surface area (Å²) in [6.07, 6.45) is 22.3. The number of carbonyl (C=O) groups is 1. The summed E-state index contributed by atoms with van der Waals surface area (Å²) in [5.74, 6) is -0.304. The zero-order valence-corrected chi connectivity index (χ0v) is 23.8. The Hall–Kier alpha value is -0.260. The second-order valence-corrected chi connectivity index (χ2v) is 10.8. The van der Waals surface area contributed by atoms with Crippen LogP contribution in [0, 0.1) is 0 Å². The molecule has 1 N–H and O–H groups in total. The fourth-order valence-corrected chi connectivity index (χ4v) is 4.66. The van der Waals surface area contributed by atoms with Crippen molar-refractivity contribution in [3.8, 4) is 0 Å². The van der Waals surface area contributed by atoms with E-state index in [2.05, 4.69) is 11.8 Å². The van der Waals surface area contributed by atoms with E-state index in [9.17, 15) is 9.69 Å². The predicted molar refractivity (Wildman–Crippen MR) is 144 cm³/mol. The van der Waals surface area contributed by atoms with Gasteiger partial charge in [0.1, 0.15) is 6.10 Å². The highest BCUT2D eigenvalue weighted by Crippen LogP contribution is 2.33. The van der Waals surface area contributed by atoms with Gasteiger partial charge in [0, 0.05) is 6.92 Å². The molecule has 0 aromatic rings. The molecular formula is C27H56NO5P. The molecule has 2 unspecified atom stereocenters. The van der Waals surface area contributed by atoms with Gasteiger partial charge in [-0.1, -0.05) is 96.8 Å². The van der Waals surface area contributed by atoms with E-state index in [0.717, 1.165) is 38.6 Å². The van der Waals surface area contributed by atoms with Crippen LogP contribution in [-0.2, 0) is 18.6 Å². The van der Waals surface area contributed by atoms with E-state index in [1.165, 1.54) is 90.4 Å². The van der Waals surface area contributed by atoms with Crippen molar-refractivity contribution in [3.63, 3.8) is 0 Å². The molecule has 0 radical (unpaired) electrons. The number of hydrogen-bond donors (Lipinski definition) is 1. The second-order valence-electron chi connectivity index (χ2n) is 9.85. The highest BCUT2D eigenvalue weighted by atomic mass is 31.2. The lowest BCUT2D eigenvalue weighted by Gasteiger charge is -2.18. The summed E-state index contributed by atoms with van der Waals surface area (Å²) < 4.78 is 16.1. The minimum absolute atomic E-state index is 0.193. The smallest absolute Gasteiger partial charge is 0.329 e. The summed E-state index contributed by atoms with van der Waals surface area (Å²) in [4.78, 5) is 23.4. The maximum Gasteiger partial charge on any atom is 0.329 e. The molecule has 0 aromatic carbocycles. The molecule has 0 bridgehead atoms. The first-order valence-electron chi connectivity index (χ1n) is 14.0. The van der Waals surface area contributed by atoms with Gasteiger partial charge in [-0.3, -0.25) is 4.79 Å². The summed E-state index contributed by atoms with van der Waals surface area (Å²) in [6.45, 7) is 5.37. The fraction of sp³-hybridized carbons (Fsp3) is 0.963. The van der Waals surface area contributed by atoms with Crippen molar-refractivity contribution in [2.24, 2.45) is 0 Å². The molecule has 0 rings (SSSR count). The molecule has 0 amide bonds. The Kier molecular flexibility index (Phi) is 25.6. The average Bonchev–Trinajstić information content (AvgIpc) is 2.79. The zero-order valence-electron chi connectivity index (χ0n) is 22.9. The van der Waals surface area contributed by atoms with Gasteiger partial charge in [-0.15, -0.1) is 0 Å². The molecule has 0 heterocycles. The summed E-state index contributed by atoms with van der Waals surface area (Å²) >= 11 is 0. The zero-order chi connectivity index (χ0) is 25.3. The van der Waals surface area contributed by atoms with E-state index < -0.39 is 8.60 Å². The van der Waals surface area contributed by atoms with Gasteiger partial charge in [-0.2, -0.15) is 0 Å². The molecule has 0 fully saturated rings. The van der Waals surface area contributed by atoms with Crippen molar-refractivity contribution in [1.82, 2.24) is 4.90 Å². The first kappa shape index (κ1) is 33.7. The molecular weight excluding hydrogens is 449 g/mol. The largest absolute Gasteiger partial charge is 0.460 e. The van der Waals surface area contributed by atoms with E-state index in [0.29, 0.717) is 6.61 Å². The van der Waals surface area contributed by atoms with Gasteiger partial charge in [0.05, 0.1) is 13.2 Å². The van der Waals surface area contributed by atoms with Crippen molar-refractivity contribution in [1.29, 1.82) is 0 Å². The number of esters is 1. The molecule has 0 saturated heterocycles. The molecule has 0 aromatic heterocycles. The summed E-state index contributed by atoms with van der Waals surface area (Å²) in [7, 11) is 2.16. The number of ether oxygens (including phenoxy) is 1. The maximum atomic E-state index is 11.4. The van der Waals surface area contributed by atoms with Gasteiger partial charge in [-0.05, 0) is 46.3 Å². The summed E-state index contributed by atoms with van der Waals surface area (Å²) in [5.41, 5.74) is 0. The van der Waals surface area contributed by atoms with Crippen molar-refractivity contribution in [3.05, 3.63) is 0 Å². The summed E-state index contributed by atoms with van der Waals surface area (Å²) in [5, 5.41) is 0. The third kappa shape index (κ3) is 26.3. The topological polar surface area (TPSA) is 68.2 Å². The Balaban J connectivity index is 3.64. The van der Waals surface area contributed by atoms with Crippen LogP contribution in [0.5, 0.6) is 0 Å². The van der Waals surface area contributed by atoms with E-state index in [-0.39, 0.29) is 18.7 Å². The van der Waals surface area contributed by atoms with Crippen LogP contribution in [0.3, 0.4) is 0 Å². The lowest BCUT2D eigenvalue weighted by Crippen LogP contribution is -2.21. The van der Waals surface area contributed by atoms with E-state index in [1.54, 1.807) is 0 Å². The van der Waals surface area contributed by atoms with Gasteiger partial charge < -0.3 is 23.6 Å². The Labute approximate surface area is 212 Å². The predicted octanol–water partition coefficient (Wildman–Crippen LogP) is 7.77. The number of carbonyl (C=O) groups excluding carboxylic acids is 1. The molecule has 204 valence electrons. The Bertz CT molecular complexity index is 439. The third-order valence-electron chi connectivity index (χ3n) is 6.03. The van der Waals surface area contributed by atoms with Crippen molar-refractivity contribution in [2.75, 3.05) is 33.9 Å². The number of nitrogens with zero attached hydrogens (tertiary/aromatic N) is 1. The van der Waals surface area contributed by atoms with Gasteiger partial charge in [0.15, 0.2) is 0 Å². The minimum Gasteiger partial charge on any atom is -0.460 e. The van der Waals surface area contributed by atoms with Gasteiger partial charge >= 0.3 is 14.6 Å². The second kappa shape index (κ2) is 25.8. The molecule has 6 nitrogen and oxygen atoms in total. The van der Waals surface area contributed by atoms with Crippen LogP contribution in [0.2, 0.25) is 0 Å². The van der Waals surface area contributed by atoms with Crippen molar-refractivity contribution in [2.45, 2.75) is 136 Å². The Morgan fingerprint density at radius 2 is 1.26 bits per heavy atom. The Morgan fingerprint density at radius 1 is 0.765 bits per heavy atom. The molecule has 0 spiro atoms. The number of unbranched alkanes of at least 4 members (excludes halogenated alkanes) is 15. The van der Waals surface area contributed by atoms with Gasteiger partial charge in [0.2, 0.25) is 0 Å². The third-order valence-corrected chi connectivity index (χ3v) is 6.81. The van der Waals surface area contributed by atoms with Crippen LogP contribution in [0.1, 0.15) is 129 Å². The molecule has 0 aliphatic rings. The van der Waals surface area contributed by atoms with E-state index >= 15 is 0 Å². The van der Waals surface area contributed by atoms with Crippen LogP contribution in [-0.4, -0.2) is 55.7 Å². The first-order valence-corrected chi connectivity index (χ1v) is 15.2. The van der Waals surface area contributed by atoms with Crippen LogP contribution in [0.25, 0.3) is 0 Å². The van der Waals surface area contributed by atoms with Crippen LogP contribution in [0.15, 0.2) is 0 Å². The van der Waals surface area contributed by atoms with Crippen LogP contribution >= 0.6 is 8.60 Å². The van der Waals surface area contributed by atoms with Crippen LogP contribution in [0.4, 0.5) is 0 Å². The molecule has 0 aliphatic heterocycles. The fourth-order valence-electron chi connectivity index (χ4n) is 4.01. The SMILES string of the molecule is CCCCCCCCCCCCCCCCCC(COP(O)OCCCCN(C)C)OC(C)=O. The number of hydrogen-bond acceptors (Lipinski definition) is 6. The summed E-state index contributed by atoms with van der Waals surface area (Å²) in [6, 6.07) is 0. The molecule has 34 heavy (non-hydrogen) atoms. The van der Waals surface area contributed by atoms with Crippen LogP contribution < -0.4 is 0 Å². The highest BCUT2D eigenvalue weighted by Gasteiger charge is 2.16. The molecule has 0 aliphatic carbocycles. The van der Waals surface area contributed by atoms with E-state index in [4.69, 9.17) is 13.8 Å². The Morgan fingerprint density at radius 3 is 1.74 bits per heavy atom. The molecule has 2 atom stereocenters. The minimum atomic E-state index is -1.91. The normalized spacial score (nSPS) is 13.4.